The Bertz CT molecular complexity index is 2600. The monoisotopic (exact) mass is 964 g/mol. The number of aromatic nitrogens is 4. The van der Waals surface area contributed by atoms with Gasteiger partial charge in [0.2, 0.25) is 11.8 Å². The van der Waals surface area contributed by atoms with Gasteiger partial charge in [-0.3, -0.25) is 19.0 Å². The van der Waals surface area contributed by atoms with Crippen molar-refractivity contribution in [3.8, 4) is 22.6 Å². The van der Waals surface area contributed by atoms with Gasteiger partial charge in [0.15, 0.2) is 0 Å². The number of amides is 2. The first-order chi connectivity index (χ1) is 31.9. The number of halogens is 1. The molecule has 2 amide bonds. The molecule has 0 saturated carbocycles. The summed E-state index contributed by atoms with van der Waals surface area (Å²) in [4.78, 5) is 27.5. The summed E-state index contributed by atoms with van der Waals surface area (Å²) in [5.74, 6) is 2.20. The SMILES string of the molecule is C[C@@H](Oc1cc(-c2ccc(N3CCOCC3)cc2)cc2nn(C)cc12)[C@H]1CNC(=O)C1.C[C@@H](Oc1cc(Br)cc2nn(C)cc12)[C@H]1CNC(=O)C1.OB(O)c1ccc(N2CCOCC2)cc1. The van der Waals surface area contributed by atoms with E-state index in [1.54, 1.807) is 16.8 Å². The van der Waals surface area contributed by atoms with Crippen molar-refractivity contribution in [3.05, 3.63) is 89.7 Å². The number of fused-ring (bicyclic) bond motifs is 2. The summed E-state index contributed by atoms with van der Waals surface area (Å²) >= 11 is 3.48. The number of benzene rings is 4. The van der Waals surface area contributed by atoms with Crippen molar-refractivity contribution in [2.24, 2.45) is 25.9 Å². The second-order valence-corrected chi connectivity index (χ2v) is 18.2. The molecule has 0 spiro atoms. The van der Waals surface area contributed by atoms with Gasteiger partial charge in [-0.1, -0.05) is 40.2 Å². The Balaban J connectivity index is 0.000000145. The molecule has 4 N–H and O–H groups in total. The molecule has 348 valence electrons. The van der Waals surface area contributed by atoms with E-state index < -0.39 is 7.12 Å². The van der Waals surface area contributed by atoms with E-state index in [1.165, 1.54) is 5.69 Å². The Morgan fingerprint density at radius 1 is 0.667 bits per heavy atom. The Kier molecular flexibility index (Phi) is 15.1. The molecule has 66 heavy (non-hydrogen) atoms. The number of anilines is 2. The fraction of sp³-hybridized carbons (Fsp3) is 0.417. The average Bonchev–Trinajstić information content (AvgIpc) is 4.14. The van der Waals surface area contributed by atoms with E-state index in [0.29, 0.717) is 31.4 Å². The van der Waals surface area contributed by atoms with Gasteiger partial charge >= 0.3 is 7.12 Å². The highest BCUT2D eigenvalue weighted by molar-refractivity contribution is 9.10. The molecule has 16 nitrogen and oxygen atoms in total. The molecule has 4 aromatic carbocycles. The molecule has 0 radical (unpaired) electrons. The molecule has 0 aliphatic carbocycles. The minimum atomic E-state index is -1.39. The van der Waals surface area contributed by atoms with Crippen molar-refractivity contribution in [2.45, 2.75) is 38.9 Å². The first kappa shape index (κ1) is 46.9. The lowest BCUT2D eigenvalue weighted by Crippen LogP contribution is -2.36. The van der Waals surface area contributed by atoms with Crippen molar-refractivity contribution in [1.82, 2.24) is 30.2 Å². The average molecular weight is 966 g/mol. The molecule has 6 aromatic rings. The zero-order chi connectivity index (χ0) is 46.3. The highest BCUT2D eigenvalue weighted by Gasteiger charge is 2.30. The van der Waals surface area contributed by atoms with Crippen molar-refractivity contribution >= 4 is 73.5 Å². The third-order valence-electron chi connectivity index (χ3n) is 12.5. The predicted molar refractivity (Wildman–Crippen MR) is 259 cm³/mol. The largest absolute Gasteiger partial charge is 0.490 e. The summed E-state index contributed by atoms with van der Waals surface area (Å²) in [6.45, 7) is 12.1. The molecule has 4 saturated heterocycles. The molecule has 4 aliphatic heterocycles. The Labute approximate surface area is 393 Å². The highest BCUT2D eigenvalue weighted by Crippen LogP contribution is 2.35. The molecule has 4 fully saturated rings. The predicted octanol–water partition coefficient (Wildman–Crippen LogP) is 4.42. The normalized spacial score (nSPS) is 19.3. The summed E-state index contributed by atoms with van der Waals surface area (Å²) in [6, 6.07) is 24.0. The Morgan fingerprint density at radius 3 is 1.58 bits per heavy atom. The zero-order valence-electron chi connectivity index (χ0n) is 37.9. The van der Waals surface area contributed by atoms with Gasteiger partial charge < -0.3 is 49.4 Å². The van der Waals surface area contributed by atoms with E-state index in [1.807, 2.05) is 69.3 Å². The van der Waals surface area contributed by atoms with E-state index in [4.69, 9.17) is 29.0 Å². The van der Waals surface area contributed by atoms with Crippen molar-refractivity contribution in [1.29, 1.82) is 0 Å². The number of carbonyl (C=O) groups is 2. The second-order valence-electron chi connectivity index (χ2n) is 17.2. The maximum absolute atomic E-state index is 11.6. The minimum Gasteiger partial charge on any atom is -0.490 e. The van der Waals surface area contributed by atoms with Crippen LogP contribution in [0, 0.1) is 11.8 Å². The summed E-state index contributed by atoms with van der Waals surface area (Å²) < 4.78 is 27.7. The van der Waals surface area contributed by atoms with Crippen molar-refractivity contribution in [2.75, 3.05) is 75.5 Å². The van der Waals surface area contributed by atoms with Crippen LogP contribution in [0.15, 0.2) is 89.7 Å². The summed E-state index contributed by atoms with van der Waals surface area (Å²) in [5.41, 5.74) is 6.83. The van der Waals surface area contributed by atoms with Crippen molar-refractivity contribution < 1.29 is 38.6 Å². The summed E-state index contributed by atoms with van der Waals surface area (Å²) in [7, 11) is 2.42. The minimum absolute atomic E-state index is 0.0216. The third kappa shape index (κ3) is 11.6. The lowest BCUT2D eigenvalue weighted by Gasteiger charge is -2.29. The van der Waals surface area contributed by atoms with Gasteiger partial charge in [0.05, 0.1) is 48.2 Å². The van der Waals surface area contributed by atoms with Gasteiger partial charge in [-0.25, -0.2) is 0 Å². The molecule has 4 atom stereocenters. The number of nitrogens with zero attached hydrogens (tertiary/aromatic N) is 6. The van der Waals surface area contributed by atoms with Crippen LogP contribution in [0.3, 0.4) is 0 Å². The van der Waals surface area contributed by atoms with Gasteiger partial charge in [-0.15, -0.1) is 0 Å². The highest BCUT2D eigenvalue weighted by atomic mass is 79.9. The zero-order valence-corrected chi connectivity index (χ0v) is 39.4. The molecule has 0 unspecified atom stereocenters. The number of hydrogen-bond donors (Lipinski definition) is 4. The van der Waals surface area contributed by atoms with Gasteiger partial charge in [0.1, 0.15) is 23.7 Å². The maximum Gasteiger partial charge on any atom is 0.488 e. The smallest absolute Gasteiger partial charge is 0.488 e. The van der Waals surface area contributed by atoms with Gasteiger partial charge in [-0.05, 0) is 79.0 Å². The van der Waals surface area contributed by atoms with Crippen LogP contribution in [0.5, 0.6) is 11.5 Å². The number of carbonyl (C=O) groups excluding carboxylic acids is 2. The molecular formula is C48H58BBrN8O8. The van der Waals surface area contributed by atoms with E-state index in [-0.39, 0.29) is 35.9 Å². The molecular weight excluding hydrogens is 907 g/mol. The summed E-state index contributed by atoms with van der Waals surface area (Å²) in [6.07, 6.45) is 4.89. The van der Waals surface area contributed by atoms with E-state index in [2.05, 4.69) is 83.0 Å². The first-order valence-corrected chi connectivity index (χ1v) is 23.3. The Morgan fingerprint density at radius 2 is 1.12 bits per heavy atom. The van der Waals surface area contributed by atoms with Crippen molar-refractivity contribution in [3.63, 3.8) is 0 Å². The summed E-state index contributed by atoms with van der Waals surface area (Å²) in [5, 5.41) is 34.6. The lowest BCUT2D eigenvalue weighted by atomic mass is 9.80. The van der Waals surface area contributed by atoms with Gasteiger partial charge in [-0.2, -0.15) is 10.2 Å². The number of ether oxygens (including phenoxy) is 4. The third-order valence-corrected chi connectivity index (χ3v) is 12.9. The van der Waals surface area contributed by atoms with Crippen LogP contribution in [0.25, 0.3) is 32.9 Å². The van der Waals surface area contributed by atoms with Crippen LogP contribution in [-0.4, -0.2) is 126 Å². The standard InChI is InChI=1S/C24H28N4O3.C14H16BrN3O2.C10H14BNO3/c1-16(19-13-24(29)25-14-19)31-23-12-18(11-22-21(23)15-27(2)26-22)17-3-5-20(6-4-17)28-7-9-30-10-8-28;1-8(9-3-14(19)16-6-9)20-13-5-10(15)4-12-11(13)7-18(2)17-12;13-11(14)9-1-3-10(4-2-9)12-5-7-15-8-6-12/h3-6,11-12,15-16,19H,7-10,13-14H2,1-2H3,(H,25,29);4-5,7-9H,3,6H2,1-2H3,(H,16,19);1-4,13-14H,5-8H2/t16-,19-;8-,9-;/m11./s1. The van der Waals surface area contributed by atoms with Crippen LogP contribution in [0.4, 0.5) is 11.4 Å². The molecule has 4 aliphatic rings. The number of hydrogen-bond acceptors (Lipinski definition) is 12. The lowest BCUT2D eigenvalue weighted by molar-refractivity contribution is -0.120. The Hall–Kier alpha value is -5.66. The molecule has 2 aromatic heterocycles. The van der Waals surface area contributed by atoms with Crippen LogP contribution in [0.2, 0.25) is 0 Å². The van der Waals surface area contributed by atoms with Crippen LogP contribution >= 0.6 is 15.9 Å². The number of nitrogens with one attached hydrogen (secondary N) is 2. The number of aryl methyl sites for hydroxylation is 2. The molecule has 6 heterocycles. The van der Waals surface area contributed by atoms with Crippen LogP contribution in [-0.2, 0) is 33.2 Å². The number of morpholine rings is 2. The fourth-order valence-corrected chi connectivity index (χ4v) is 9.05. The van der Waals surface area contributed by atoms with Crippen LogP contribution in [0.1, 0.15) is 26.7 Å². The maximum atomic E-state index is 11.6. The van der Waals surface area contributed by atoms with Gasteiger partial charge in [0.25, 0.3) is 0 Å². The molecule has 0 bridgehead atoms. The second kappa shape index (κ2) is 21.3. The fourth-order valence-electron chi connectivity index (χ4n) is 8.63. The first-order valence-electron chi connectivity index (χ1n) is 22.6. The number of rotatable bonds is 10. The van der Waals surface area contributed by atoms with E-state index in [9.17, 15) is 9.59 Å². The molecule has 10 rings (SSSR count). The van der Waals surface area contributed by atoms with E-state index in [0.717, 1.165) is 107 Å². The topological polar surface area (TPSA) is 178 Å². The van der Waals surface area contributed by atoms with Crippen LogP contribution < -0.4 is 35.4 Å². The van der Waals surface area contributed by atoms with Gasteiger partial charge in [0, 0.05) is 106 Å². The van der Waals surface area contributed by atoms with E-state index >= 15 is 0 Å². The quantitative estimate of drug-likeness (QED) is 0.143. The molecule has 18 heteroatoms.